The second-order valence-electron chi connectivity index (χ2n) is 5.52. The van der Waals surface area contributed by atoms with Gasteiger partial charge in [-0.25, -0.2) is 0 Å². The molecule has 0 bridgehead atoms. The molecule has 2 aliphatic heterocycles. The lowest BCUT2D eigenvalue weighted by molar-refractivity contribution is 0.274. The van der Waals surface area contributed by atoms with Gasteiger partial charge in [-0.05, 0) is 25.7 Å². The Morgan fingerprint density at radius 1 is 1.00 bits per heavy atom. The topological polar surface area (TPSA) is 99.2 Å². The molecule has 2 saturated heterocycles. The number of piperidine rings is 1. The van der Waals surface area contributed by atoms with Crippen LogP contribution in [0.25, 0.3) is 0 Å². The van der Waals surface area contributed by atoms with Gasteiger partial charge in [0, 0.05) is 32.1 Å². The molecule has 0 saturated carbocycles. The van der Waals surface area contributed by atoms with E-state index in [9.17, 15) is 8.42 Å². The highest BCUT2D eigenvalue weighted by atomic mass is 32.2. The van der Waals surface area contributed by atoms with Gasteiger partial charge in [-0.15, -0.1) is 0 Å². The summed E-state index contributed by atoms with van der Waals surface area (Å²) in [5.74, 6) is 0.187. The van der Waals surface area contributed by atoms with Crippen LogP contribution in [0.3, 0.4) is 0 Å². The minimum atomic E-state index is -3.34. The van der Waals surface area contributed by atoms with Crippen LogP contribution < -0.4 is 5.73 Å². The van der Waals surface area contributed by atoms with Gasteiger partial charge in [0.05, 0.1) is 0 Å². The van der Waals surface area contributed by atoms with E-state index in [0.717, 1.165) is 25.7 Å². The molecule has 0 unspecified atom stereocenters. The zero-order valence-corrected chi connectivity index (χ0v) is 12.6. The number of nitrogens with two attached hydrogens (primary N) is 1. The van der Waals surface area contributed by atoms with E-state index in [-0.39, 0.29) is 11.8 Å². The lowest BCUT2D eigenvalue weighted by Gasteiger charge is -2.34. The number of amidine groups is 1. The summed E-state index contributed by atoms with van der Waals surface area (Å²) in [5.41, 5.74) is 5.59. The molecule has 7 nitrogen and oxygen atoms in total. The predicted molar refractivity (Wildman–Crippen MR) is 76.7 cm³/mol. The summed E-state index contributed by atoms with van der Waals surface area (Å²) in [6.45, 7) is 2.14. The average molecular weight is 304 g/mol. The Bertz CT molecular complexity index is 436. The molecule has 2 aliphatic rings. The van der Waals surface area contributed by atoms with E-state index >= 15 is 0 Å². The van der Waals surface area contributed by atoms with Crippen molar-refractivity contribution >= 4 is 16.0 Å². The molecule has 116 valence electrons. The molecule has 0 radical (unpaired) electrons. The molecule has 0 aromatic carbocycles. The Morgan fingerprint density at radius 2 is 1.50 bits per heavy atom. The molecule has 2 rings (SSSR count). The summed E-state index contributed by atoms with van der Waals surface area (Å²) in [5, 5.41) is 11.7. The Labute approximate surface area is 120 Å². The van der Waals surface area contributed by atoms with Crippen LogP contribution in [0.1, 0.15) is 38.5 Å². The molecule has 0 atom stereocenters. The average Bonchev–Trinajstić information content (AvgIpc) is 2.76. The Hall–Kier alpha value is -0.860. The monoisotopic (exact) mass is 304 g/mol. The third kappa shape index (κ3) is 3.42. The standard InChI is InChI=1S/C12H24N4O3S/c13-12(14-17)11-5-9-16(10-6-11)20(18,19)15-7-3-1-2-4-8-15/h11,17H,1-10H2,(H2,13,14). The summed E-state index contributed by atoms with van der Waals surface area (Å²) in [4.78, 5) is 0. The summed E-state index contributed by atoms with van der Waals surface area (Å²) in [6.07, 6.45) is 5.33. The zero-order chi connectivity index (χ0) is 14.6. The highest BCUT2D eigenvalue weighted by Crippen LogP contribution is 2.23. The molecule has 8 heteroatoms. The van der Waals surface area contributed by atoms with Crippen LogP contribution in [0.2, 0.25) is 0 Å². The van der Waals surface area contributed by atoms with E-state index in [4.69, 9.17) is 10.9 Å². The number of oxime groups is 1. The molecule has 0 aliphatic carbocycles. The van der Waals surface area contributed by atoms with E-state index in [1.54, 1.807) is 8.61 Å². The maximum atomic E-state index is 12.6. The van der Waals surface area contributed by atoms with Crippen molar-refractivity contribution < 1.29 is 13.6 Å². The van der Waals surface area contributed by atoms with Gasteiger partial charge in [0.25, 0.3) is 10.2 Å². The molecule has 2 heterocycles. The van der Waals surface area contributed by atoms with Crippen LogP contribution in [0, 0.1) is 5.92 Å². The maximum absolute atomic E-state index is 12.6. The van der Waals surface area contributed by atoms with Gasteiger partial charge in [0.2, 0.25) is 0 Å². The first-order valence-corrected chi connectivity index (χ1v) is 8.68. The normalized spacial score (nSPS) is 25.5. The van der Waals surface area contributed by atoms with Crippen molar-refractivity contribution in [3.8, 4) is 0 Å². The van der Waals surface area contributed by atoms with Crippen molar-refractivity contribution in [2.24, 2.45) is 16.8 Å². The van der Waals surface area contributed by atoms with Crippen LogP contribution in [0.15, 0.2) is 5.16 Å². The molecular weight excluding hydrogens is 280 g/mol. The Morgan fingerprint density at radius 3 is 2.00 bits per heavy atom. The Balaban J connectivity index is 1.97. The smallest absolute Gasteiger partial charge is 0.281 e. The summed E-state index contributed by atoms with van der Waals surface area (Å²) < 4.78 is 28.3. The van der Waals surface area contributed by atoms with Crippen LogP contribution >= 0.6 is 0 Å². The van der Waals surface area contributed by atoms with Crippen molar-refractivity contribution in [1.82, 2.24) is 8.61 Å². The van der Waals surface area contributed by atoms with Crippen LogP contribution in [0.4, 0.5) is 0 Å². The van der Waals surface area contributed by atoms with E-state index in [2.05, 4.69) is 5.16 Å². The van der Waals surface area contributed by atoms with Gasteiger partial charge in [0.15, 0.2) is 0 Å². The van der Waals surface area contributed by atoms with E-state index in [1.807, 2.05) is 0 Å². The first-order valence-electron chi connectivity index (χ1n) is 7.28. The van der Waals surface area contributed by atoms with E-state index in [1.165, 1.54) is 0 Å². The van der Waals surface area contributed by atoms with E-state index < -0.39 is 10.2 Å². The van der Waals surface area contributed by atoms with Gasteiger partial charge in [-0.3, -0.25) is 0 Å². The number of rotatable bonds is 3. The number of hydrogen-bond acceptors (Lipinski definition) is 4. The van der Waals surface area contributed by atoms with Crippen LogP contribution in [-0.4, -0.2) is 54.3 Å². The fourth-order valence-electron chi connectivity index (χ4n) is 2.90. The van der Waals surface area contributed by atoms with Crippen molar-refractivity contribution in [3.05, 3.63) is 0 Å². The molecule has 0 amide bonds. The zero-order valence-electron chi connectivity index (χ0n) is 11.7. The molecule has 0 aromatic heterocycles. The quantitative estimate of drug-likeness (QED) is 0.344. The second-order valence-corrected chi connectivity index (χ2v) is 7.45. The molecule has 3 N–H and O–H groups in total. The highest BCUT2D eigenvalue weighted by Gasteiger charge is 2.33. The van der Waals surface area contributed by atoms with Gasteiger partial charge in [-0.1, -0.05) is 18.0 Å². The van der Waals surface area contributed by atoms with Crippen molar-refractivity contribution in [2.45, 2.75) is 38.5 Å². The van der Waals surface area contributed by atoms with Gasteiger partial charge < -0.3 is 10.9 Å². The SMILES string of the molecule is NC(=NO)C1CCN(S(=O)(=O)N2CCCCCC2)CC1. The van der Waals surface area contributed by atoms with Gasteiger partial charge in [-0.2, -0.15) is 17.0 Å². The number of hydrogen-bond donors (Lipinski definition) is 2. The highest BCUT2D eigenvalue weighted by molar-refractivity contribution is 7.86. The number of nitrogens with zero attached hydrogens (tertiary/aromatic N) is 3. The van der Waals surface area contributed by atoms with Crippen molar-refractivity contribution in [2.75, 3.05) is 26.2 Å². The van der Waals surface area contributed by atoms with Gasteiger partial charge in [0.1, 0.15) is 5.84 Å². The molecular formula is C12H24N4O3S. The fraction of sp³-hybridized carbons (Fsp3) is 0.917. The minimum absolute atomic E-state index is 0.0180. The molecule has 2 fully saturated rings. The third-order valence-electron chi connectivity index (χ3n) is 4.21. The molecule has 0 aromatic rings. The summed E-state index contributed by atoms with van der Waals surface area (Å²) in [7, 11) is -3.34. The first kappa shape index (κ1) is 15.5. The Kier molecular flexibility index (Phi) is 5.22. The lowest BCUT2D eigenvalue weighted by Crippen LogP contribution is -2.48. The first-order chi connectivity index (χ1) is 9.55. The van der Waals surface area contributed by atoms with Crippen LogP contribution in [-0.2, 0) is 10.2 Å². The van der Waals surface area contributed by atoms with Gasteiger partial charge >= 0.3 is 0 Å². The second kappa shape index (κ2) is 6.73. The maximum Gasteiger partial charge on any atom is 0.281 e. The fourth-order valence-corrected chi connectivity index (χ4v) is 4.62. The van der Waals surface area contributed by atoms with E-state index in [0.29, 0.717) is 39.0 Å². The largest absolute Gasteiger partial charge is 0.409 e. The summed E-state index contributed by atoms with van der Waals surface area (Å²) >= 11 is 0. The molecule has 0 spiro atoms. The predicted octanol–water partition coefficient (Wildman–Crippen LogP) is 0.566. The summed E-state index contributed by atoms with van der Waals surface area (Å²) in [6, 6.07) is 0. The van der Waals surface area contributed by atoms with Crippen LogP contribution in [0.5, 0.6) is 0 Å². The lowest BCUT2D eigenvalue weighted by atomic mass is 9.97. The third-order valence-corrected chi connectivity index (χ3v) is 6.24. The van der Waals surface area contributed by atoms with Crippen molar-refractivity contribution in [1.29, 1.82) is 0 Å². The van der Waals surface area contributed by atoms with Crippen molar-refractivity contribution in [3.63, 3.8) is 0 Å². The minimum Gasteiger partial charge on any atom is -0.409 e. The molecule has 20 heavy (non-hydrogen) atoms.